The number of rotatable bonds is 2. The Balaban J connectivity index is 1.73. The van der Waals surface area contributed by atoms with E-state index in [1.807, 2.05) is 24.3 Å². The van der Waals surface area contributed by atoms with Gasteiger partial charge in [0.05, 0.1) is 10.2 Å². The van der Waals surface area contributed by atoms with Crippen LogP contribution in [0.3, 0.4) is 0 Å². The van der Waals surface area contributed by atoms with Gasteiger partial charge in [-0.05, 0) is 29.3 Å². The molecule has 0 unspecified atom stereocenters. The van der Waals surface area contributed by atoms with Gasteiger partial charge in [-0.2, -0.15) is 0 Å². The fourth-order valence-electron chi connectivity index (χ4n) is 2.46. The van der Waals surface area contributed by atoms with Crippen LogP contribution in [0, 0.1) is 0 Å². The van der Waals surface area contributed by atoms with Crippen LogP contribution in [-0.2, 0) is 0 Å². The molecule has 0 aliphatic heterocycles. The summed E-state index contributed by atoms with van der Waals surface area (Å²) in [5.41, 5.74) is 4.58. The Labute approximate surface area is 137 Å². The lowest BCUT2D eigenvalue weighted by Crippen LogP contribution is -1.79. The number of aromatic nitrogens is 1. The van der Waals surface area contributed by atoms with Gasteiger partial charge in [-0.15, -0.1) is 11.3 Å². The molecular formula is C19H12ClNS. The molecule has 4 rings (SSSR count). The second-order valence-electron chi connectivity index (χ2n) is 5.07. The van der Waals surface area contributed by atoms with Gasteiger partial charge in [0, 0.05) is 10.6 Å². The van der Waals surface area contributed by atoms with E-state index >= 15 is 0 Å². The first-order valence-electron chi connectivity index (χ1n) is 7.01. The molecular weight excluding hydrogens is 310 g/mol. The Morgan fingerprint density at radius 3 is 2.18 bits per heavy atom. The summed E-state index contributed by atoms with van der Waals surface area (Å²) in [4.78, 5) is 4.69. The molecule has 1 heterocycles. The maximum absolute atomic E-state index is 6.04. The van der Waals surface area contributed by atoms with Gasteiger partial charge in [0.25, 0.3) is 0 Å². The normalized spacial score (nSPS) is 11.0. The molecule has 106 valence electrons. The molecule has 0 aliphatic rings. The van der Waals surface area contributed by atoms with Gasteiger partial charge in [0.2, 0.25) is 0 Å². The zero-order valence-corrected chi connectivity index (χ0v) is 13.2. The van der Waals surface area contributed by atoms with Crippen molar-refractivity contribution < 1.29 is 0 Å². The molecule has 0 N–H and O–H groups in total. The summed E-state index contributed by atoms with van der Waals surface area (Å²) in [5.74, 6) is 0. The largest absolute Gasteiger partial charge is 0.236 e. The standard InChI is InChI=1S/C19H12ClNS/c20-16-10-11-17-18(12-16)22-19(21-17)15-8-6-14(7-9-15)13-4-2-1-3-5-13/h1-12H. The van der Waals surface area contributed by atoms with Gasteiger partial charge in [0.15, 0.2) is 0 Å². The average molecular weight is 322 g/mol. The highest BCUT2D eigenvalue weighted by Gasteiger charge is 2.07. The quantitative estimate of drug-likeness (QED) is 0.423. The van der Waals surface area contributed by atoms with Crippen LogP contribution in [0.2, 0.25) is 5.02 Å². The fourth-order valence-corrected chi connectivity index (χ4v) is 3.70. The summed E-state index contributed by atoms with van der Waals surface area (Å²) >= 11 is 7.71. The SMILES string of the molecule is Clc1ccc2nc(-c3ccc(-c4ccccc4)cc3)sc2c1. The topological polar surface area (TPSA) is 12.9 Å². The number of hydrogen-bond donors (Lipinski definition) is 0. The summed E-state index contributed by atoms with van der Waals surface area (Å²) in [6, 6.07) is 24.7. The van der Waals surface area contributed by atoms with E-state index in [1.165, 1.54) is 11.1 Å². The van der Waals surface area contributed by atoms with Gasteiger partial charge >= 0.3 is 0 Å². The maximum Gasteiger partial charge on any atom is 0.124 e. The van der Waals surface area contributed by atoms with Gasteiger partial charge in [-0.1, -0.05) is 66.2 Å². The number of hydrogen-bond acceptors (Lipinski definition) is 2. The molecule has 0 aliphatic carbocycles. The molecule has 1 aromatic heterocycles. The third-order valence-electron chi connectivity index (χ3n) is 3.59. The molecule has 22 heavy (non-hydrogen) atoms. The zero-order valence-electron chi connectivity index (χ0n) is 11.7. The van der Waals surface area contributed by atoms with Crippen molar-refractivity contribution >= 4 is 33.2 Å². The number of nitrogens with zero attached hydrogens (tertiary/aromatic N) is 1. The maximum atomic E-state index is 6.04. The fraction of sp³-hybridized carbons (Fsp3) is 0. The second-order valence-corrected chi connectivity index (χ2v) is 6.54. The first kappa shape index (κ1) is 13.5. The number of thiazole rings is 1. The molecule has 0 bridgehead atoms. The molecule has 3 heteroatoms. The Hall–Kier alpha value is -2.16. The van der Waals surface area contributed by atoms with Crippen LogP contribution in [0.4, 0.5) is 0 Å². The minimum atomic E-state index is 0.752. The summed E-state index contributed by atoms with van der Waals surface area (Å²) in [6.45, 7) is 0. The molecule has 0 saturated heterocycles. The molecule has 0 saturated carbocycles. The van der Waals surface area contributed by atoms with E-state index in [0.29, 0.717) is 0 Å². The number of fused-ring (bicyclic) bond motifs is 1. The van der Waals surface area contributed by atoms with E-state index in [2.05, 4.69) is 53.5 Å². The van der Waals surface area contributed by atoms with Crippen molar-refractivity contribution in [2.75, 3.05) is 0 Å². The summed E-state index contributed by atoms with van der Waals surface area (Å²) in [6.07, 6.45) is 0. The molecule has 0 amide bonds. The molecule has 0 spiro atoms. The Morgan fingerprint density at radius 1 is 0.727 bits per heavy atom. The van der Waals surface area contributed by atoms with Gasteiger partial charge in [-0.25, -0.2) is 4.98 Å². The molecule has 0 fully saturated rings. The van der Waals surface area contributed by atoms with E-state index in [4.69, 9.17) is 11.6 Å². The highest BCUT2D eigenvalue weighted by Crippen LogP contribution is 2.32. The van der Waals surface area contributed by atoms with E-state index in [1.54, 1.807) is 11.3 Å². The third kappa shape index (κ3) is 2.52. The molecule has 1 nitrogen and oxygen atoms in total. The van der Waals surface area contributed by atoms with Crippen LogP contribution in [-0.4, -0.2) is 4.98 Å². The van der Waals surface area contributed by atoms with E-state index in [0.717, 1.165) is 25.8 Å². The van der Waals surface area contributed by atoms with E-state index in [9.17, 15) is 0 Å². The molecule has 0 radical (unpaired) electrons. The van der Waals surface area contributed by atoms with E-state index in [-0.39, 0.29) is 0 Å². The number of benzene rings is 3. The lowest BCUT2D eigenvalue weighted by Gasteiger charge is -2.02. The highest BCUT2D eigenvalue weighted by molar-refractivity contribution is 7.21. The van der Waals surface area contributed by atoms with Gasteiger partial charge < -0.3 is 0 Å². The smallest absolute Gasteiger partial charge is 0.124 e. The predicted octanol–water partition coefficient (Wildman–Crippen LogP) is 6.28. The lowest BCUT2D eigenvalue weighted by molar-refractivity contribution is 1.47. The first-order valence-corrected chi connectivity index (χ1v) is 8.21. The Bertz CT molecular complexity index is 927. The lowest BCUT2D eigenvalue weighted by atomic mass is 10.0. The summed E-state index contributed by atoms with van der Waals surface area (Å²) in [7, 11) is 0. The molecule has 4 aromatic rings. The first-order chi connectivity index (χ1) is 10.8. The summed E-state index contributed by atoms with van der Waals surface area (Å²) < 4.78 is 1.12. The Kier molecular flexibility index (Phi) is 3.41. The van der Waals surface area contributed by atoms with Crippen molar-refractivity contribution in [1.29, 1.82) is 0 Å². The van der Waals surface area contributed by atoms with Crippen molar-refractivity contribution in [2.45, 2.75) is 0 Å². The minimum absolute atomic E-state index is 0.752. The average Bonchev–Trinajstić information content (AvgIpc) is 2.99. The van der Waals surface area contributed by atoms with Crippen molar-refractivity contribution in [2.24, 2.45) is 0 Å². The second kappa shape index (κ2) is 5.56. The monoisotopic (exact) mass is 321 g/mol. The number of halogens is 1. The van der Waals surface area contributed by atoms with Gasteiger partial charge in [0.1, 0.15) is 5.01 Å². The van der Waals surface area contributed by atoms with Crippen LogP contribution in [0.15, 0.2) is 72.8 Å². The van der Waals surface area contributed by atoms with Crippen LogP contribution < -0.4 is 0 Å². The third-order valence-corrected chi connectivity index (χ3v) is 4.89. The summed E-state index contributed by atoms with van der Waals surface area (Å²) in [5, 5.41) is 1.78. The molecule has 3 aromatic carbocycles. The van der Waals surface area contributed by atoms with Crippen molar-refractivity contribution in [1.82, 2.24) is 4.98 Å². The zero-order chi connectivity index (χ0) is 14.9. The van der Waals surface area contributed by atoms with Crippen molar-refractivity contribution in [3.8, 4) is 21.7 Å². The Morgan fingerprint density at radius 2 is 1.41 bits per heavy atom. The van der Waals surface area contributed by atoms with Gasteiger partial charge in [-0.3, -0.25) is 0 Å². The molecule has 0 atom stereocenters. The van der Waals surface area contributed by atoms with Crippen LogP contribution in [0.5, 0.6) is 0 Å². The van der Waals surface area contributed by atoms with Crippen LogP contribution >= 0.6 is 22.9 Å². The highest BCUT2D eigenvalue weighted by atomic mass is 35.5. The van der Waals surface area contributed by atoms with E-state index < -0.39 is 0 Å². The van der Waals surface area contributed by atoms with Crippen molar-refractivity contribution in [3.63, 3.8) is 0 Å². The van der Waals surface area contributed by atoms with Crippen LogP contribution in [0.25, 0.3) is 31.9 Å². The predicted molar refractivity (Wildman–Crippen MR) is 95.5 cm³/mol. The minimum Gasteiger partial charge on any atom is -0.236 e. The van der Waals surface area contributed by atoms with Crippen molar-refractivity contribution in [3.05, 3.63) is 77.8 Å². The van der Waals surface area contributed by atoms with Crippen LogP contribution in [0.1, 0.15) is 0 Å².